The number of allylic oxidation sites excluding steroid dienone is 1. The summed E-state index contributed by atoms with van der Waals surface area (Å²) in [7, 11) is 8.41. The maximum absolute atomic E-state index is 10.5. The second-order valence-corrected chi connectivity index (χ2v) is 9.13. The van der Waals surface area contributed by atoms with Crippen LogP contribution in [0.25, 0.3) is 0 Å². The lowest BCUT2D eigenvalue weighted by Crippen LogP contribution is -2.66. The van der Waals surface area contributed by atoms with Crippen LogP contribution in [0.3, 0.4) is 0 Å². The zero-order valence-corrected chi connectivity index (χ0v) is 16.0. The van der Waals surface area contributed by atoms with Crippen molar-refractivity contribution >= 4 is 7.85 Å². The number of aromatic hydroxyl groups is 1. The van der Waals surface area contributed by atoms with E-state index in [1.807, 2.05) is 13.8 Å². The SMILES string of the molecule is [B]C(C)(C)OC1=CCC2[C@H]3Cc4ccc(O)c5c4[C@@]2(CC(C)N3C)C1O5. The number of hydrogen-bond acceptors (Lipinski definition) is 4. The summed E-state index contributed by atoms with van der Waals surface area (Å²) in [4.78, 5) is 2.54. The van der Waals surface area contributed by atoms with Gasteiger partial charge >= 0.3 is 0 Å². The first-order valence-corrected chi connectivity index (χ1v) is 9.64. The van der Waals surface area contributed by atoms with Gasteiger partial charge in [-0.05, 0) is 70.7 Å². The molecule has 2 aliphatic heterocycles. The molecule has 5 heteroatoms. The fourth-order valence-electron chi connectivity index (χ4n) is 6.03. The highest BCUT2D eigenvalue weighted by atomic mass is 16.6. The molecule has 2 bridgehead atoms. The second-order valence-electron chi connectivity index (χ2n) is 9.13. The fraction of sp³-hybridized carbons (Fsp3) is 0.619. The van der Waals surface area contributed by atoms with E-state index in [1.54, 1.807) is 6.07 Å². The third-order valence-electron chi connectivity index (χ3n) is 7.01. The first-order chi connectivity index (χ1) is 12.2. The molecule has 1 saturated heterocycles. The van der Waals surface area contributed by atoms with E-state index in [2.05, 4.69) is 31.0 Å². The molecule has 4 aliphatic rings. The van der Waals surface area contributed by atoms with Crippen LogP contribution >= 0.6 is 0 Å². The molecule has 1 spiro atoms. The van der Waals surface area contributed by atoms with Crippen LogP contribution in [0.5, 0.6) is 11.5 Å². The summed E-state index contributed by atoms with van der Waals surface area (Å²) in [5.41, 5.74) is 1.65. The molecule has 2 radical (unpaired) electrons. The maximum atomic E-state index is 10.5. The van der Waals surface area contributed by atoms with Gasteiger partial charge in [-0.2, -0.15) is 0 Å². The van der Waals surface area contributed by atoms with Gasteiger partial charge in [-0.25, -0.2) is 0 Å². The molecule has 5 rings (SSSR count). The molecule has 4 nitrogen and oxygen atoms in total. The Morgan fingerprint density at radius 3 is 2.88 bits per heavy atom. The zero-order chi connectivity index (χ0) is 18.4. The zero-order valence-electron chi connectivity index (χ0n) is 16.0. The molecular formula is C21H26BNO3. The summed E-state index contributed by atoms with van der Waals surface area (Å²) in [5.74, 6) is 2.20. The van der Waals surface area contributed by atoms with Crippen molar-refractivity contribution in [3.8, 4) is 11.5 Å². The van der Waals surface area contributed by atoms with E-state index in [4.69, 9.17) is 17.3 Å². The smallest absolute Gasteiger partial charge is 0.166 e. The van der Waals surface area contributed by atoms with Crippen molar-refractivity contribution in [2.24, 2.45) is 5.92 Å². The molecule has 0 aromatic heterocycles. The lowest BCUT2D eigenvalue weighted by molar-refractivity contribution is -0.0618. The predicted octanol–water partition coefficient (Wildman–Crippen LogP) is 2.86. The molecule has 1 aromatic rings. The fourth-order valence-corrected chi connectivity index (χ4v) is 6.03. The number of benzene rings is 1. The van der Waals surface area contributed by atoms with E-state index in [0.29, 0.717) is 23.8 Å². The number of hydrogen-bond donors (Lipinski definition) is 1. The summed E-state index contributed by atoms with van der Waals surface area (Å²) >= 11 is 0. The van der Waals surface area contributed by atoms with Gasteiger partial charge in [0, 0.05) is 23.1 Å². The predicted molar refractivity (Wildman–Crippen MR) is 101 cm³/mol. The quantitative estimate of drug-likeness (QED) is 0.832. The molecular weight excluding hydrogens is 325 g/mol. The van der Waals surface area contributed by atoms with Crippen molar-refractivity contribution in [1.29, 1.82) is 0 Å². The highest BCUT2D eigenvalue weighted by Gasteiger charge is 2.65. The highest BCUT2D eigenvalue weighted by molar-refractivity contribution is 6.13. The number of nitrogens with zero attached hydrogens (tertiary/aromatic N) is 1. The molecule has 26 heavy (non-hydrogen) atoms. The van der Waals surface area contributed by atoms with Crippen LogP contribution in [0.4, 0.5) is 0 Å². The van der Waals surface area contributed by atoms with Gasteiger partial charge in [0.2, 0.25) is 0 Å². The van der Waals surface area contributed by atoms with Gasteiger partial charge in [-0.15, -0.1) is 0 Å². The van der Waals surface area contributed by atoms with Crippen LogP contribution in [0.2, 0.25) is 0 Å². The van der Waals surface area contributed by atoms with E-state index in [0.717, 1.165) is 25.0 Å². The molecule has 136 valence electrons. The van der Waals surface area contributed by atoms with Crippen molar-refractivity contribution in [3.63, 3.8) is 0 Å². The lowest BCUT2D eigenvalue weighted by atomic mass is 9.52. The van der Waals surface area contributed by atoms with Gasteiger partial charge in [0.25, 0.3) is 0 Å². The molecule has 0 saturated carbocycles. The topological polar surface area (TPSA) is 41.9 Å². The number of phenols is 1. The number of likely N-dealkylation sites (N-methyl/N-ethyl adjacent to an activating group) is 1. The Morgan fingerprint density at radius 1 is 1.38 bits per heavy atom. The van der Waals surface area contributed by atoms with E-state index in [-0.39, 0.29) is 17.3 Å². The van der Waals surface area contributed by atoms with Gasteiger partial charge in [0.15, 0.2) is 17.6 Å². The lowest BCUT2D eigenvalue weighted by Gasteiger charge is -2.59. The van der Waals surface area contributed by atoms with Crippen LogP contribution in [-0.2, 0) is 16.6 Å². The summed E-state index contributed by atoms with van der Waals surface area (Å²) in [6.07, 6.45) is 4.95. The van der Waals surface area contributed by atoms with Crippen LogP contribution in [0.15, 0.2) is 24.0 Å². The van der Waals surface area contributed by atoms with Gasteiger partial charge in [0.05, 0.1) is 5.50 Å². The third kappa shape index (κ3) is 1.95. The summed E-state index contributed by atoms with van der Waals surface area (Å²) in [6, 6.07) is 4.80. The first-order valence-electron chi connectivity index (χ1n) is 9.64. The van der Waals surface area contributed by atoms with E-state index in [9.17, 15) is 5.11 Å². The van der Waals surface area contributed by atoms with Crippen LogP contribution in [-0.4, -0.2) is 48.6 Å². The average molecular weight is 351 g/mol. The number of likely N-dealkylation sites (tertiary alicyclic amines) is 1. The molecule has 5 atom stereocenters. The highest BCUT2D eigenvalue weighted by Crippen LogP contribution is 2.64. The number of phenolic OH excluding ortho intramolecular Hbond substituents is 1. The normalized spacial score (nSPS) is 37.6. The van der Waals surface area contributed by atoms with Gasteiger partial charge < -0.3 is 19.5 Å². The largest absolute Gasteiger partial charge is 0.504 e. The molecule has 2 heterocycles. The van der Waals surface area contributed by atoms with E-state index < -0.39 is 5.50 Å². The Labute approximate surface area is 156 Å². The molecule has 1 aromatic carbocycles. The van der Waals surface area contributed by atoms with Crippen LogP contribution in [0, 0.1) is 5.92 Å². The molecule has 1 fully saturated rings. The monoisotopic (exact) mass is 351 g/mol. The van der Waals surface area contributed by atoms with E-state index in [1.165, 1.54) is 11.1 Å². The minimum absolute atomic E-state index is 0.131. The number of piperidine rings is 1. The Hall–Kier alpha value is -1.62. The molecule has 1 N–H and O–H groups in total. The Kier molecular flexibility index (Phi) is 3.19. The Bertz CT molecular complexity index is 814. The Balaban J connectivity index is 1.73. The summed E-state index contributed by atoms with van der Waals surface area (Å²) < 4.78 is 12.6. The van der Waals surface area contributed by atoms with Crippen LogP contribution in [0.1, 0.15) is 44.7 Å². The standard InChI is InChI=1S/C21H26BNO3/c1-11-10-21-13-6-8-16(26-20(2,3)22)19(21)25-18-15(24)7-5-12(17(18)21)9-14(13)23(11)4/h5,7-8,11,13-14,19,24H,6,9-10H2,1-4H3/t11?,13?,14-,19?,21+/m1/s1. The minimum atomic E-state index is -0.760. The summed E-state index contributed by atoms with van der Waals surface area (Å²) in [5, 5.41) is 10.5. The van der Waals surface area contributed by atoms with Crippen molar-refractivity contribution in [2.45, 2.75) is 69.1 Å². The maximum Gasteiger partial charge on any atom is 0.166 e. The van der Waals surface area contributed by atoms with Gasteiger partial charge in [0.1, 0.15) is 13.6 Å². The number of ether oxygens (including phenoxy) is 2. The summed E-state index contributed by atoms with van der Waals surface area (Å²) in [6.45, 7) is 6.03. The first kappa shape index (κ1) is 16.6. The Morgan fingerprint density at radius 2 is 2.15 bits per heavy atom. The average Bonchev–Trinajstić information content (AvgIpc) is 2.89. The van der Waals surface area contributed by atoms with E-state index >= 15 is 0 Å². The minimum Gasteiger partial charge on any atom is -0.504 e. The molecule has 3 unspecified atom stereocenters. The second kappa shape index (κ2) is 5.01. The number of rotatable bonds is 2. The molecule has 2 aliphatic carbocycles. The van der Waals surface area contributed by atoms with Crippen molar-refractivity contribution in [2.75, 3.05) is 7.05 Å². The molecule has 0 amide bonds. The van der Waals surface area contributed by atoms with Gasteiger partial charge in [-0.1, -0.05) is 6.07 Å². The van der Waals surface area contributed by atoms with Crippen molar-refractivity contribution in [3.05, 3.63) is 35.1 Å². The van der Waals surface area contributed by atoms with Crippen molar-refractivity contribution in [1.82, 2.24) is 4.90 Å². The van der Waals surface area contributed by atoms with Crippen LogP contribution < -0.4 is 4.74 Å². The van der Waals surface area contributed by atoms with Crippen molar-refractivity contribution < 1.29 is 14.6 Å². The third-order valence-corrected chi connectivity index (χ3v) is 7.01. The van der Waals surface area contributed by atoms with Gasteiger partial charge in [-0.3, -0.25) is 0 Å².